The summed E-state index contributed by atoms with van der Waals surface area (Å²) < 4.78 is 5.24. The first-order valence-electron chi connectivity index (χ1n) is 6.09. The highest BCUT2D eigenvalue weighted by Gasteiger charge is 2.26. The molecule has 1 aliphatic carbocycles. The Labute approximate surface area is 98.0 Å². The Morgan fingerprint density at radius 3 is 2.75 bits per heavy atom. The Bertz CT molecular complexity index is 344. The first-order valence-corrected chi connectivity index (χ1v) is 6.09. The van der Waals surface area contributed by atoms with Gasteiger partial charge in [0.05, 0.1) is 7.11 Å². The summed E-state index contributed by atoms with van der Waals surface area (Å²) >= 11 is 0. The molecule has 0 amide bonds. The fourth-order valence-corrected chi connectivity index (χ4v) is 2.40. The fraction of sp³-hybridized carbons (Fsp3) is 0.571. The lowest BCUT2D eigenvalue weighted by Crippen LogP contribution is -2.41. The van der Waals surface area contributed by atoms with Gasteiger partial charge in [0.25, 0.3) is 0 Å². The number of ether oxygens (including phenoxy) is 1. The van der Waals surface area contributed by atoms with Crippen LogP contribution < -0.4 is 10.1 Å². The quantitative estimate of drug-likeness (QED) is 0.840. The van der Waals surface area contributed by atoms with Crippen LogP contribution in [0.3, 0.4) is 0 Å². The topological polar surface area (TPSA) is 21.3 Å². The van der Waals surface area contributed by atoms with Gasteiger partial charge >= 0.3 is 0 Å². The van der Waals surface area contributed by atoms with Gasteiger partial charge in [-0.05, 0) is 43.4 Å². The minimum atomic E-state index is 0.410. The van der Waals surface area contributed by atoms with E-state index in [4.69, 9.17) is 4.74 Å². The highest BCUT2D eigenvalue weighted by molar-refractivity contribution is 5.30. The van der Waals surface area contributed by atoms with Crippen molar-refractivity contribution >= 4 is 0 Å². The van der Waals surface area contributed by atoms with Crippen LogP contribution in [-0.4, -0.2) is 13.2 Å². The van der Waals surface area contributed by atoms with Gasteiger partial charge in [0.15, 0.2) is 0 Å². The van der Waals surface area contributed by atoms with Crippen LogP contribution in [0.5, 0.6) is 5.75 Å². The minimum absolute atomic E-state index is 0.410. The van der Waals surface area contributed by atoms with Crippen LogP contribution in [0.4, 0.5) is 0 Å². The van der Waals surface area contributed by atoms with Crippen molar-refractivity contribution in [2.45, 2.75) is 38.8 Å². The van der Waals surface area contributed by atoms with E-state index in [9.17, 15) is 0 Å². The number of hydrogen-bond donors (Lipinski definition) is 1. The van der Waals surface area contributed by atoms with E-state index in [0.717, 1.165) is 11.7 Å². The van der Waals surface area contributed by atoms with Gasteiger partial charge in [0.2, 0.25) is 0 Å². The maximum Gasteiger partial charge on any atom is 0.119 e. The molecule has 1 aromatic carbocycles. The van der Waals surface area contributed by atoms with Gasteiger partial charge in [-0.3, -0.25) is 0 Å². The highest BCUT2D eigenvalue weighted by atomic mass is 16.5. The van der Waals surface area contributed by atoms with Crippen molar-refractivity contribution in [3.05, 3.63) is 29.8 Å². The third-order valence-corrected chi connectivity index (χ3v) is 3.45. The Balaban J connectivity index is 1.94. The zero-order valence-electron chi connectivity index (χ0n) is 10.4. The molecule has 0 bridgehead atoms. The molecule has 1 atom stereocenters. The van der Waals surface area contributed by atoms with Gasteiger partial charge in [0, 0.05) is 12.1 Å². The van der Waals surface area contributed by atoms with Crippen molar-refractivity contribution in [1.82, 2.24) is 5.32 Å². The predicted molar refractivity (Wildman–Crippen MR) is 66.7 cm³/mol. The van der Waals surface area contributed by atoms with Gasteiger partial charge in [0.1, 0.15) is 5.75 Å². The minimum Gasteiger partial charge on any atom is -0.497 e. The van der Waals surface area contributed by atoms with Gasteiger partial charge in [-0.1, -0.05) is 19.1 Å². The summed E-state index contributed by atoms with van der Waals surface area (Å²) in [7, 11) is 1.71. The zero-order valence-corrected chi connectivity index (χ0v) is 10.4. The molecule has 0 unspecified atom stereocenters. The van der Waals surface area contributed by atoms with Crippen molar-refractivity contribution in [1.29, 1.82) is 0 Å². The largest absolute Gasteiger partial charge is 0.497 e. The Kier molecular flexibility index (Phi) is 3.49. The molecule has 88 valence electrons. The van der Waals surface area contributed by atoms with E-state index in [1.54, 1.807) is 7.11 Å². The second kappa shape index (κ2) is 4.88. The molecule has 2 heteroatoms. The van der Waals surface area contributed by atoms with Crippen molar-refractivity contribution in [3.63, 3.8) is 0 Å². The number of nitrogens with one attached hydrogen (secondary N) is 1. The van der Waals surface area contributed by atoms with Gasteiger partial charge in [-0.15, -0.1) is 0 Å². The lowest BCUT2D eigenvalue weighted by atomic mass is 9.81. The number of benzene rings is 1. The lowest BCUT2D eigenvalue weighted by Gasteiger charge is -2.35. The van der Waals surface area contributed by atoms with Crippen molar-refractivity contribution in [3.8, 4) is 5.75 Å². The molecule has 1 saturated carbocycles. The third-order valence-electron chi connectivity index (χ3n) is 3.45. The normalized spacial score (nSPS) is 25.9. The van der Waals surface area contributed by atoms with Gasteiger partial charge in [-0.25, -0.2) is 0 Å². The molecule has 2 nitrogen and oxygen atoms in total. The fourth-order valence-electron chi connectivity index (χ4n) is 2.40. The van der Waals surface area contributed by atoms with E-state index in [1.807, 2.05) is 6.07 Å². The second-order valence-electron chi connectivity index (χ2n) is 4.94. The lowest BCUT2D eigenvalue weighted by molar-refractivity contribution is 0.226. The molecule has 1 fully saturated rings. The maximum absolute atomic E-state index is 5.24. The smallest absolute Gasteiger partial charge is 0.119 e. The average molecular weight is 219 g/mol. The summed E-state index contributed by atoms with van der Waals surface area (Å²) in [4.78, 5) is 0. The van der Waals surface area contributed by atoms with Crippen LogP contribution in [0.15, 0.2) is 24.3 Å². The van der Waals surface area contributed by atoms with E-state index in [1.165, 1.54) is 18.4 Å². The molecular weight excluding hydrogens is 198 g/mol. The molecule has 0 saturated heterocycles. The first-order chi connectivity index (χ1) is 7.69. The number of rotatable bonds is 4. The van der Waals surface area contributed by atoms with E-state index in [-0.39, 0.29) is 0 Å². The Morgan fingerprint density at radius 2 is 2.12 bits per heavy atom. The first kappa shape index (κ1) is 11.5. The molecule has 0 heterocycles. The van der Waals surface area contributed by atoms with Crippen molar-refractivity contribution < 1.29 is 4.74 Å². The summed E-state index contributed by atoms with van der Waals surface area (Å²) in [5, 5.41) is 3.66. The third kappa shape index (κ3) is 2.56. The van der Waals surface area contributed by atoms with E-state index < -0.39 is 0 Å². The van der Waals surface area contributed by atoms with Crippen molar-refractivity contribution in [2.24, 2.45) is 5.92 Å². The van der Waals surface area contributed by atoms with Crippen LogP contribution in [0, 0.1) is 5.92 Å². The van der Waals surface area contributed by atoms with E-state index >= 15 is 0 Å². The van der Waals surface area contributed by atoms with Crippen LogP contribution >= 0.6 is 0 Å². The van der Waals surface area contributed by atoms with E-state index in [2.05, 4.69) is 37.4 Å². The maximum atomic E-state index is 5.24. The Morgan fingerprint density at radius 1 is 1.38 bits per heavy atom. The SMILES string of the molecule is COc1cccc([C@@H](C)NC2CC(C)C2)c1. The van der Waals surface area contributed by atoms with Gasteiger partial charge < -0.3 is 10.1 Å². The molecule has 1 N–H and O–H groups in total. The summed E-state index contributed by atoms with van der Waals surface area (Å²) in [5.41, 5.74) is 1.30. The van der Waals surface area contributed by atoms with Crippen LogP contribution in [0.2, 0.25) is 0 Å². The molecule has 0 aromatic heterocycles. The monoisotopic (exact) mass is 219 g/mol. The van der Waals surface area contributed by atoms with Crippen LogP contribution in [0.1, 0.15) is 38.3 Å². The predicted octanol–water partition coefficient (Wildman–Crippen LogP) is 3.14. The number of methoxy groups -OCH3 is 1. The summed E-state index contributed by atoms with van der Waals surface area (Å²) in [5.74, 6) is 1.84. The average Bonchev–Trinajstić information content (AvgIpc) is 2.27. The summed E-state index contributed by atoms with van der Waals surface area (Å²) in [6.45, 7) is 4.53. The molecule has 1 aliphatic rings. The Hall–Kier alpha value is -1.02. The second-order valence-corrected chi connectivity index (χ2v) is 4.94. The summed E-state index contributed by atoms with van der Waals surface area (Å²) in [6, 6.07) is 9.42. The van der Waals surface area contributed by atoms with Crippen molar-refractivity contribution in [2.75, 3.05) is 7.11 Å². The standard InChI is InChI=1S/C14H21NO/c1-10-7-13(8-10)15-11(2)12-5-4-6-14(9-12)16-3/h4-6,9-11,13,15H,7-8H2,1-3H3/t10?,11-,13?/m1/s1. The van der Waals surface area contributed by atoms with Gasteiger partial charge in [-0.2, -0.15) is 0 Å². The molecule has 0 spiro atoms. The zero-order chi connectivity index (χ0) is 11.5. The van der Waals surface area contributed by atoms with Crippen LogP contribution in [0.25, 0.3) is 0 Å². The molecular formula is C14H21NO. The molecule has 0 radical (unpaired) electrons. The highest BCUT2D eigenvalue weighted by Crippen LogP contribution is 2.29. The molecule has 2 rings (SSSR count). The van der Waals surface area contributed by atoms with E-state index in [0.29, 0.717) is 12.1 Å². The number of hydrogen-bond acceptors (Lipinski definition) is 2. The molecule has 0 aliphatic heterocycles. The molecule has 16 heavy (non-hydrogen) atoms. The summed E-state index contributed by atoms with van der Waals surface area (Å²) in [6.07, 6.45) is 2.63. The van der Waals surface area contributed by atoms with Crippen LogP contribution in [-0.2, 0) is 0 Å². The molecule has 1 aromatic rings.